The summed E-state index contributed by atoms with van der Waals surface area (Å²) >= 11 is 0. The van der Waals surface area contributed by atoms with Crippen LogP contribution in [0.1, 0.15) is 12.8 Å². The number of halogens is 2. The fourth-order valence-electron chi connectivity index (χ4n) is 4.38. The van der Waals surface area contributed by atoms with Crippen LogP contribution in [0, 0.1) is 11.2 Å². The van der Waals surface area contributed by atoms with Gasteiger partial charge in [-0.25, -0.2) is 4.39 Å². The molecule has 1 aliphatic carbocycles. The molecule has 0 atom stereocenters. The molecule has 0 aliphatic heterocycles. The van der Waals surface area contributed by atoms with Crippen LogP contribution in [-0.2, 0) is 9.59 Å². The third-order valence-corrected chi connectivity index (χ3v) is 6.78. The molecule has 9 heteroatoms. The lowest BCUT2D eigenvalue weighted by atomic mass is 10.0. The molecule has 2 aromatic heterocycles. The van der Waals surface area contributed by atoms with E-state index in [0.717, 1.165) is 22.0 Å². The molecule has 2 amide bonds. The van der Waals surface area contributed by atoms with Crippen molar-refractivity contribution >= 4 is 46.5 Å². The summed E-state index contributed by atoms with van der Waals surface area (Å²) in [6.45, 7) is 0. The fourth-order valence-corrected chi connectivity index (χ4v) is 4.38. The number of nitrogens with one attached hydrogen (secondary N) is 2. The Morgan fingerprint density at radius 2 is 1.38 bits per heavy atom. The first-order valence-electron chi connectivity index (χ1n) is 12.5. The molecule has 0 radical (unpaired) electrons. The zero-order chi connectivity index (χ0) is 26.8. The molecule has 2 heterocycles. The van der Waals surface area contributed by atoms with Gasteiger partial charge in [0, 0.05) is 35.4 Å². The van der Waals surface area contributed by atoms with E-state index in [9.17, 15) is 14.0 Å². The van der Waals surface area contributed by atoms with E-state index >= 15 is 0 Å². The standard InChI is InChI=1S/C31H23FN4O3.ClH/c32-22-2-4-23(5-3-22)35-29(37)31(14-15-31)30(38)36-24-6-8-25(9-7-24)39-28-13-18-34-27-19-21(1-10-26(27)28)20-11-16-33-17-12-20;/h1-13,16-19H,14-15H2,(H,35,37)(H,36,38);1H. The van der Waals surface area contributed by atoms with Crippen LogP contribution in [0.25, 0.3) is 22.0 Å². The third-order valence-electron chi connectivity index (χ3n) is 6.78. The first-order chi connectivity index (χ1) is 19.0. The lowest BCUT2D eigenvalue weighted by molar-refractivity contribution is -0.131. The minimum absolute atomic E-state index is 0. The van der Waals surface area contributed by atoms with Crippen LogP contribution in [0.5, 0.6) is 11.5 Å². The molecule has 0 saturated heterocycles. The zero-order valence-electron chi connectivity index (χ0n) is 21.1. The predicted molar refractivity (Wildman–Crippen MR) is 154 cm³/mol. The van der Waals surface area contributed by atoms with Gasteiger partial charge in [-0.3, -0.25) is 19.6 Å². The van der Waals surface area contributed by atoms with Crippen molar-refractivity contribution in [3.8, 4) is 22.6 Å². The van der Waals surface area contributed by atoms with Gasteiger partial charge >= 0.3 is 0 Å². The summed E-state index contributed by atoms with van der Waals surface area (Å²) in [7, 11) is 0. The highest BCUT2D eigenvalue weighted by Crippen LogP contribution is 2.47. The molecule has 6 rings (SSSR count). The highest BCUT2D eigenvalue weighted by molar-refractivity contribution is 6.16. The van der Waals surface area contributed by atoms with Gasteiger partial charge in [0.2, 0.25) is 11.8 Å². The average Bonchev–Trinajstić information content (AvgIpc) is 3.78. The number of benzene rings is 3. The van der Waals surface area contributed by atoms with Gasteiger partial charge in [0.1, 0.15) is 22.7 Å². The number of amides is 2. The van der Waals surface area contributed by atoms with Crippen molar-refractivity contribution < 1.29 is 18.7 Å². The third kappa shape index (κ3) is 5.48. The van der Waals surface area contributed by atoms with Crippen molar-refractivity contribution in [1.82, 2.24) is 9.97 Å². The summed E-state index contributed by atoms with van der Waals surface area (Å²) in [6, 6.07) is 24.1. The number of fused-ring (bicyclic) bond motifs is 1. The minimum Gasteiger partial charge on any atom is -0.457 e. The Labute approximate surface area is 235 Å². The van der Waals surface area contributed by atoms with Crippen molar-refractivity contribution in [1.29, 1.82) is 0 Å². The topological polar surface area (TPSA) is 93.2 Å². The largest absolute Gasteiger partial charge is 0.457 e. The number of ether oxygens (including phenoxy) is 1. The molecule has 1 aliphatic rings. The predicted octanol–water partition coefficient (Wildman–Crippen LogP) is 7.01. The van der Waals surface area contributed by atoms with Crippen LogP contribution in [0.3, 0.4) is 0 Å². The van der Waals surface area contributed by atoms with E-state index in [2.05, 4.69) is 20.6 Å². The Kier molecular flexibility index (Phi) is 7.44. The number of rotatable bonds is 7. The number of aromatic nitrogens is 2. The van der Waals surface area contributed by atoms with Gasteiger partial charge in [0.05, 0.1) is 5.52 Å². The number of hydrogen-bond acceptors (Lipinski definition) is 5. The monoisotopic (exact) mass is 554 g/mol. The van der Waals surface area contributed by atoms with E-state index in [1.807, 2.05) is 30.3 Å². The minimum atomic E-state index is -1.13. The summed E-state index contributed by atoms with van der Waals surface area (Å²) < 4.78 is 19.3. The van der Waals surface area contributed by atoms with Gasteiger partial charge in [-0.1, -0.05) is 6.07 Å². The van der Waals surface area contributed by atoms with Gasteiger partial charge in [-0.2, -0.15) is 0 Å². The Balaban J connectivity index is 0.00000323. The van der Waals surface area contributed by atoms with Crippen LogP contribution in [-0.4, -0.2) is 21.8 Å². The average molecular weight is 555 g/mol. The summed E-state index contributed by atoms with van der Waals surface area (Å²) in [6.07, 6.45) is 6.11. The SMILES string of the molecule is Cl.O=C(Nc1ccc(F)cc1)C1(C(=O)Nc2ccc(Oc3ccnc4cc(-c5ccncc5)ccc34)cc2)CC1. The van der Waals surface area contributed by atoms with Crippen molar-refractivity contribution in [2.75, 3.05) is 10.6 Å². The Morgan fingerprint density at radius 3 is 2.00 bits per heavy atom. The summed E-state index contributed by atoms with van der Waals surface area (Å²) in [5.74, 6) is 0.0806. The van der Waals surface area contributed by atoms with Crippen LogP contribution in [0.2, 0.25) is 0 Å². The Morgan fingerprint density at radius 1 is 0.750 bits per heavy atom. The molecule has 3 aromatic carbocycles. The normalized spacial score (nSPS) is 13.1. The second kappa shape index (κ2) is 11.1. The van der Waals surface area contributed by atoms with E-state index in [-0.39, 0.29) is 18.3 Å². The highest BCUT2D eigenvalue weighted by Gasteiger charge is 2.56. The number of carbonyl (C=O) groups is 2. The molecule has 1 saturated carbocycles. The molecule has 5 aromatic rings. The quantitative estimate of drug-likeness (QED) is 0.211. The van der Waals surface area contributed by atoms with Crippen LogP contribution < -0.4 is 15.4 Å². The van der Waals surface area contributed by atoms with Gasteiger partial charge in [-0.05, 0) is 103 Å². The van der Waals surface area contributed by atoms with E-state index in [1.54, 1.807) is 48.9 Å². The lowest BCUT2D eigenvalue weighted by Crippen LogP contribution is -2.35. The second-order valence-corrected chi connectivity index (χ2v) is 9.40. The maximum absolute atomic E-state index is 13.1. The van der Waals surface area contributed by atoms with Gasteiger partial charge < -0.3 is 15.4 Å². The number of pyridine rings is 2. The van der Waals surface area contributed by atoms with E-state index in [0.29, 0.717) is 35.7 Å². The van der Waals surface area contributed by atoms with Crippen molar-refractivity contribution in [2.24, 2.45) is 5.41 Å². The second-order valence-electron chi connectivity index (χ2n) is 9.40. The number of hydrogen-bond donors (Lipinski definition) is 2. The highest BCUT2D eigenvalue weighted by atomic mass is 35.5. The molecule has 2 N–H and O–H groups in total. The smallest absolute Gasteiger partial charge is 0.240 e. The Bertz CT molecular complexity index is 1680. The number of nitrogens with zero attached hydrogens (tertiary/aromatic N) is 2. The molecule has 0 spiro atoms. The van der Waals surface area contributed by atoms with Gasteiger partial charge in [-0.15, -0.1) is 12.4 Å². The van der Waals surface area contributed by atoms with Crippen molar-refractivity contribution in [3.05, 3.63) is 109 Å². The maximum Gasteiger partial charge on any atom is 0.240 e. The van der Waals surface area contributed by atoms with Crippen LogP contribution in [0.4, 0.5) is 15.8 Å². The molecular weight excluding hydrogens is 531 g/mol. The van der Waals surface area contributed by atoms with Crippen molar-refractivity contribution in [2.45, 2.75) is 12.8 Å². The molecule has 0 bridgehead atoms. The van der Waals surface area contributed by atoms with Gasteiger partial charge in [0.25, 0.3) is 0 Å². The summed E-state index contributed by atoms with van der Waals surface area (Å²) in [4.78, 5) is 34.3. The first kappa shape index (κ1) is 26.8. The molecule has 200 valence electrons. The van der Waals surface area contributed by atoms with E-state index < -0.39 is 17.1 Å². The van der Waals surface area contributed by atoms with Crippen LogP contribution >= 0.6 is 12.4 Å². The maximum atomic E-state index is 13.1. The fraction of sp³-hybridized carbons (Fsp3) is 0.0968. The zero-order valence-corrected chi connectivity index (χ0v) is 22.0. The number of carbonyl (C=O) groups excluding carboxylic acids is 2. The van der Waals surface area contributed by atoms with Crippen molar-refractivity contribution in [3.63, 3.8) is 0 Å². The molecule has 7 nitrogen and oxygen atoms in total. The molecule has 40 heavy (non-hydrogen) atoms. The Hall–Kier alpha value is -4.82. The first-order valence-corrected chi connectivity index (χ1v) is 12.5. The van der Waals surface area contributed by atoms with E-state index in [4.69, 9.17) is 4.74 Å². The van der Waals surface area contributed by atoms with Gasteiger partial charge in [0.15, 0.2) is 0 Å². The summed E-state index contributed by atoms with van der Waals surface area (Å²) in [5, 5.41) is 6.41. The van der Waals surface area contributed by atoms with Crippen LogP contribution in [0.15, 0.2) is 104 Å². The number of anilines is 2. The molecular formula is C31H24ClFN4O3. The molecule has 0 unspecified atom stereocenters. The lowest BCUT2D eigenvalue weighted by Gasteiger charge is -2.16. The molecule has 1 fully saturated rings. The van der Waals surface area contributed by atoms with E-state index in [1.165, 1.54) is 24.3 Å². The summed E-state index contributed by atoms with van der Waals surface area (Å²) in [5.41, 5.74) is 2.76.